The minimum absolute atomic E-state index is 0.0310. The first-order valence-electron chi connectivity index (χ1n) is 12.7. The van der Waals surface area contributed by atoms with Crippen molar-refractivity contribution in [2.75, 3.05) is 11.4 Å². The predicted octanol–water partition coefficient (Wildman–Crippen LogP) is 6.33. The molecule has 2 aromatic heterocycles. The number of furan rings is 1. The summed E-state index contributed by atoms with van der Waals surface area (Å²) < 4.78 is 10.2. The Morgan fingerprint density at radius 2 is 1.61 bits per heavy atom. The Morgan fingerprint density at radius 3 is 2.24 bits per heavy atom. The Labute approximate surface area is 227 Å². The first kappa shape index (κ1) is 25.4. The lowest BCUT2D eigenvalue weighted by Crippen LogP contribution is -2.33. The van der Waals surface area contributed by atoms with Gasteiger partial charge in [-0.1, -0.05) is 90.5 Å². The van der Waals surface area contributed by atoms with Crippen LogP contribution >= 0.6 is 11.5 Å². The van der Waals surface area contributed by atoms with E-state index in [0.717, 1.165) is 27.8 Å². The van der Waals surface area contributed by atoms with Crippen LogP contribution in [0.3, 0.4) is 0 Å². The number of amides is 1. The second kappa shape index (κ2) is 12.3. The number of nitrogens with one attached hydrogen (secondary N) is 1. The molecule has 1 amide bonds. The first-order chi connectivity index (χ1) is 18.6. The third-order valence-electron chi connectivity index (χ3n) is 6.32. The second-order valence-corrected chi connectivity index (χ2v) is 9.96. The van der Waals surface area contributed by atoms with Gasteiger partial charge >= 0.3 is 0 Å². The number of benzene rings is 3. The molecular weight excluding hydrogens is 492 g/mol. The minimum atomic E-state index is -0.217. The zero-order valence-electron chi connectivity index (χ0n) is 21.3. The predicted molar refractivity (Wildman–Crippen MR) is 151 cm³/mol. The standard InChI is InChI=1S/C31H30N4O2S/c1-23-14-16-24(17-15-23)21-28-32-31(38-34-28)35(22-27-13-8-20-37-27)19-18-29(36)33-30(25-9-4-2-5-10-25)26-11-6-3-7-12-26/h2-17,20,30H,18-19,21-22H2,1H3,(H,33,36). The fourth-order valence-corrected chi connectivity index (χ4v) is 5.00. The molecule has 0 aliphatic heterocycles. The minimum Gasteiger partial charge on any atom is -0.467 e. The van der Waals surface area contributed by atoms with Gasteiger partial charge in [-0.3, -0.25) is 4.79 Å². The van der Waals surface area contributed by atoms with Crippen LogP contribution < -0.4 is 10.2 Å². The largest absolute Gasteiger partial charge is 0.467 e. The molecule has 0 saturated carbocycles. The van der Waals surface area contributed by atoms with Gasteiger partial charge in [0.05, 0.1) is 18.8 Å². The van der Waals surface area contributed by atoms with E-state index in [9.17, 15) is 4.79 Å². The monoisotopic (exact) mass is 522 g/mol. The van der Waals surface area contributed by atoms with Crippen molar-refractivity contribution < 1.29 is 9.21 Å². The van der Waals surface area contributed by atoms with Crippen molar-refractivity contribution in [1.82, 2.24) is 14.7 Å². The van der Waals surface area contributed by atoms with Gasteiger partial charge in [0.15, 0.2) is 0 Å². The molecule has 0 bridgehead atoms. The average Bonchev–Trinajstić information content (AvgIpc) is 3.64. The smallest absolute Gasteiger partial charge is 0.222 e. The highest BCUT2D eigenvalue weighted by Crippen LogP contribution is 2.24. The van der Waals surface area contributed by atoms with Crippen molar-refractivity contribution >= 4 is 22.6 Å². The summed E-state index contributed by atoms with van der Waals surface area (Å²) in [6.45, 7) is 3.08. The molecule has 0 aliphatic carbocycles. The summed E-state index contributed by atoms with van der Waals surface area (Å²) in [4.78, 5) is 20.1. The Bertz CT molecular complexity index is 1380. The van der Waals surface area contributed by atoms with Crippen LogP contribution in [0.15, 0.2) is 108 Å². The molecule has 6 nitrogen and oxygen atoms in total. The van der Waals surface area contributed by atoms with Crippen LogP contribution in [0.2, 0.25) is 0 Å². The Hall–Kier alpha value is -4.23. The zero-order chi connectivity index (χ0) is 26.2. The molecule has 0 radical (unpaired) electrons. The summed E-state index contributed by atoms with van der Waals surface area (Å²) in [5, 5.41) is 4.01. The molecule has 0 spiro atoms. The molecule has 0 fully saturated rings. The summed E-state index contributed by atoms with van der Waals surface area (Å²) in [6, 6.07) is 32.1. The normalized spacial score (nSPS) is 11.0. The van der Waals surface area contributed by atoms with Gasteiger partial charge in [-0.2, -0.15) is 4.37 Å². The van der Waals surface area contributed by atoms with Crippen LogP contribution in [0.1, 0.15) is 46.3 Å². The fraction of sp³-hybridized carbons (Fsp3) is 0.194. The highest BCUT2D eigenvalue weighted by molar-refractivity contribution is 7.09. The van der Waals surface area contributed by atoms with Crippen LogP contribution in [-0.4, -0.2) is 21.8 Å². The van der Waals surface area contributed by atoms with Gasteiger partial charge in [0.25, 0.3) is 0 Å². The van der Waals surface area contributed by atoms with Crippen LogP contribution in [0.25, 0.3) is 0 Å². The number of hydrogen-bond donors (Lipinski definition) is 1. The highest BCUT2D eigenvalue weighted by Gasteiger charge is 2.20. The van der Waals surface area contributed by atoms with Gasteiger partial charge < -0.3 is 14.6 Å². The maximum absolute atomic E-state index is 13.2. The van der Waals surface area contributed by atoms with E-state index >= 15 is 0 Å². The van der Waals surface area contributed by atoms with Gasteiger partial charge in [-0.25, -0.2) is 4.98 Å². The van der Waals surface area contributed by atoms with Crippen molar-refractivity contribution in [2.24, 2.45) is 0 Å². The molecular formula is C31H30N4O2S. The molecule has 5 rings (SSSR count). The topological polar surface area (TPSA) is 71.3 Å². The summed E-state index contributed by atoms with van der Waals surface area (Å²) >= 11 is 1.35. The van der Waals surface area contributed by atoms with E-state index in [1.54, 1.807) is 6.26 Å². The van der Waals surface area contributed by atoms with E-state index < -0.39 is 0 Å². The van der Waals surface area contributed by atoms with E-state index in [0.29, 0.717) is 25.9 Å². The lowest BCUT2D eigenvalue weighted by molar-refractivity contribution is -0.121. The van der Waals surface area contributed by atoms with E-state index in [1.807, 2.05) is 72.8 Å². The Kier molecular flexibility index (Phi) is 8.26. The van der Waals surface area contributed by atoms with Crippen LogP contribution in [0, 0.1) is 6.92 Å². The molecule has 2 heterocycles. The number of carbonyl (C=O) groups is 1. The van der Waals surface area contributed by atoms with Crippen LogP contribution in [-0.2, 0) is 17.8 Å². The number of aryl methyl sites for hydroxylation is 1. The summed E-state index contributed by atoms with van der Waals surface area (Å²) in [5.74, 6) is 1.56. The number of carbonyl (C=O) groups excluding carboxylic acids is 1. The summed E-state index contributed by atoms with van der Waals surface area (Å²) in [7, 11) is 0. The molecule has 1 N–H and O–H groups in total. The maximum Gasteiger partial charge on any atom is 0.222 e. The molecule has 0 atom stereocenters. The lowest BCUT2D eigenvalue weighted by Gasteiger charge is -2.23. The Balaban J connectivity index is 1.28. The third-order valence-corrected chi connectivity index (χ3v) is 7.13. The number of anilines is 1. The van der Waals surface area contributed by atoms with Crippen molar-refractivity contribution in [3.8, 4) is 0 Å². The molecule has 0 unspecified atom stereocenters. The van der Waals surface area contributed by atoms with Crippen LogP contribution in [0.4, 0.5) is 5.13 Å². The first-order valence-corrected chi connectivity index (χ1v) is 13.5. The van der Waals surface area contributed by atoms with Gasteiger partial charge in [0.1, 0.15) is 11.6 Å². The van der Waals surface area contributed by atoms with Gasteiger partial charge in [0, 0.05) is 30.9 Å². The van der Waals surface area contributed by atoms with Crippen molar-refractivity contribution in [1.29, 1.82) is 0 Å². The number of hydrogen-bond acceptors (Lipinski definition) is 6. The van der Waals surface area contributed by atoms with E-state index in [2.05, 4.69) is 45.8 Å². The summed E-state index contributed by atoms with van der Waals surface area (Å²) in [6.07, 6.45) is 2.64. The van der Waals surface area contributed by atoms with Crippen molar-refractivity contribution in [3.63, 3.8) is 0 Å². The van der Waals surface area contributed by atoms with E-state index in [-0.39, 0.29) is 11.9 Å². The maximum atomic E-state index is 13.2. The van der Waals surface area contributed by atoms with E-state index in [1.165, 1.54) is 22.7 Å². The molecule has 5 aromatic rings. The molecule has 192 valence electrons. The number of nitrogens with zero attached hydrogens (tertiary/aromatic N) is 3. The molecule has 38 heavy (non-hydrogen) atoms. The number of rotatable bonds is 11. The number of aromatic nitrogens is 2. The highest BCUT2D eigenvalue weighted by atomic mass is 32.1. The quantitative estimate of drug-likeness (QED) is 0.219. The molecule has 0 aliphatic rings. The van der Waals surface area contributed by atoms with Gasteiger partial charge in [-0.15, -0.1) is 0 Å². The lowest BCUT2D eigenvalue weighted by atomic mass is 9.98. The SMILES string of the molecule is Cc1ccc(Cc2nsc(N(CCC(=O)NC(c3ccccc3)c3ccccc3)Cc3ccco3)n2)cc1. The second-order valence-electron chi connectivity index (χ2n) is 9.23. The van der Waals surface area contributed by atoms with Crippen molar-refractivity contribution in [3.05, 3.63) is 137 Å². The van der Waals surface area contributed by atoms with Gasteiger partial charge in [0.2, 0.25) is 11.0 Å². The van der Waals surface area contributed by atoms with E-state index in [4.69, 9.17) is 9.40 Å². The zero-order valence-corrected chi connectivity index (χ0v) is 22.1. The van der Waals surface area contributed by atoms with Gasteiger partial charge in [-0.05, 0) is 35.7 Å². The summed E-state index contributed by atoms with van der Waals surface area (Å²) in [5.41, 5.74) is 4.49. The molecule has 7 heteroatoms. The molecule has 0 saturated heterocycles. The van der Waals surface area contributed by atoms with Crippen LogP contribution in [0.5, 0.6) is 0 Å². The fourth-order valence-electron chi connectivity index (χ4n) is 4.29. The average molecular weight is 523 g/mol. The molecule has 3 aromatic carbocycles. The third kappa shape index (κ3) is 6.75. The van der Waals surface area contributed by atoms with Crippen molar-refractivity contribution in [2.45, 2.75) is 32.4 Å². The Morgan fingerprint density at radius 1 is 0.921 bits per heavy atom.